The molecule has 2 heterocycles. The summed E-state index contributed by atoms with van der Waals surface area (Å²) in [6, 6.07) is 8.00. The van der Waals surface area contributed by atoms with Crippen molar-refractivity contribution >= 4 is 17.7 Å². The molecule has 2 unspecified atom stereocenters. The normalized spacial score (nSPS) is 26.0. The van der Waals surface area contributed by atoms with Gasteiger partial charge in [-0.25, -0.2) is 4.79 Å². The molecule has 2 bridgehead atoms. The van der Waals surface area contributed by atoms with Crippen LogP contribution < -0.4 is 4.90 Å². The van der Waals surface area contributed by atoms with Gasteiger partial charge < -0.3 is 14.7 Å². The van der Waals surface area contributed by atoms with Gasteiger partial charge in [0.15, 0.2) is 0 Å². The number of carbonyl (C=O) groups is 1. The van der Waals surface area contributed by atoms with Gasteiger partial charge in [0, 0.05) is 24.9 Å². The molecule has 100 valence electrons. The molecule has 2 saturated heterocycles. The lowest BCUT2D eigenvalue weighted by atomic mass is 10.1. The van der Waals surface area contributed by atoms with Crippen molar-refractivity contribution in [3.8, 4) is 0 Å². The zero-order chi connectivity index (χ0) is 13.2. The first-order chi connectivity index (χ1) is 9.20. The van der Waals surface area contributed by atoms with Gasteiger partial charge in [-0.1, -0.05) is 12.1 Å². The van der Waals surface area contributed by atoms with Crippen LogP contribution in [0.25, 0.3) is 6.08 Å². The molecule has 3 rings (SSSR count). The van der Waals surface area contributed by atoms with E-state index in [2.05, 4.69) is 4.90 Å². The Bertz CT molecular complexity index is 483. The van der Waals surface area contributed by atoms with Crippen LogP contribution >= 0.6 is 0 Å². The second-order valence-electron chi connectivity index (χ2n) is 5.13. The quantitative estimate of drug-likeness (QED) is 0.845. The fourth-order valence-corrected chi connectivity index (χ4v) is 2.79. The third-order valence-electron chi connectivity index (χ3n) is 3.72. The highest BCUT2D eigenvalue weighted by molar-refractivity contribution is 5.85. The van der Waals surface area contributed by atoms with E-state index < -0.39 is 5.97 Å². The lowest BCUT2D eigenvalue weighted by molar-refractivity contribution is -0.131. The van der Waals surface area contributed by atoms with E-state index in [1.54, 1.807) is 6.08 Å². The van der Waals surface area contributed by atoms with E-state index in [4.69, 9.17) is 9.84 Å². The summed E-state index contributed by atoms with van der Waals surface area (Å²) in [5, 5.41) is 8.59. The van der Waals surface area contributed by atoms with Crippen molar-refractivity contribution in [1.29, 1.82) is 0 Å². The first kappa shape index (κ1) is 12.2. The summed E-state index contributed by atoms with van der Waals surface area (Å²) in [4.78, 5) is 12.8. The topological polar surface area (TPSA) is 49.8 Å². The lowest BCUT2D eigenvalue weighted by Gasteiger charge is -2.33. The first-order valence-electron chi connectivity index (χ1n) is 6.62. The molecule has 4 heteroatoms. The highest BCUT2D eigenvalue weighted by Crippen LogP contribution is 2.29. The number of nitrogens with zero attached hydrogens (tertiary/aromatic N) is 1. The Morgan fingerprint density at radius 1 is 1.21 bits per heavy atom. The van der Waals surface area contributed by atoms with Gasteiger partial charge in [0.25, 0.3) is 0 Å². The van der Waals surface area contributed by atoms with Crippen molar-refractivity contribution < 1.29 is 14.6 Å². The maximum absolute atomic E-state index is 10.5. The third-order valence-corrected chi connectivity index (χ3v) is 3.72. The average molecular weight is 259 g/mol. The lowest BCUT2D eigenvalue weighted by Crippen LogP contribution is -2.42. The minimum Gasteiger partial charge on any atom is -0.478 e. The van der Waals surface area contributed by atoms with Gasteiger partial charge in [-0.05, 0) is 36.6 Å². The second kappa shape index (κ2) is 5.05. The number of ether oxygens (including phenoxy) is 1. The van der Waals surface area contributed by atoms with Crippen LogP contribution in [0.15, 0.2) is 30.3 Å². The van der Waals surface area contributed by atoms with Crippen LogP contribution in [0, 0.1) is 0 Å². The van der Waals surface area contributed by atoms with Gasteiger partial charge in [0.2, 0.25) is 0 Å². The highest BCUT2D eigenvalue weighted by Gasteiger charge is 2.33. The molecule has 2 aliphatic rings. The van der Waals surface area contributed by atoms with Crippen molar-refractivity contribution in [3.05, 3.63) is 35.9 Å². The Balaban J connectivity index is 1.70. The summed E-state index contributed by atoms with van der Waals surface area (Å²) in [6.45, 7) is 1.92. The average Bonchev–Trinajstić information content (AvgIpc) is 2.76. The van der Waals surface area contributed by atoms with Crippen molar-refractivity contribution in [1.82, 2.24) is 0 Å². The van der Waals surface area contributed by atoms with Crippen LogP contribution in [0.4, 0.5) is 5.69 Å². The monoisotopic (exact) mass is 259 g/mol. The van der Waals surface area contributed by atoms with Crippen molar-refractivity contribution in [2.45, 2.75) is 25.0 Å². The number of aliphatic carboxylic acids is 1. The number of anilines is 1. The summed E-state index contributed by atoms with van der Waals surface area (Å²) in [5.41, 5.74) is 2.09. The van der Waals surface area contributed by atoms with Crippen molar-refractivity contribution in [2.75, 3.05) is 18.0 Å². The molecule has 0 amide bonds. The van der Waals surface area contributed by atoms with Gasteiger partial charge in [0.1, 0.15) is 0 Å². The summed E-state index contributed by atoms with van der Waals surface area (Å²) < 4.78 is 5.82. The molecule has 0 saturated carbocycles. The number of benzene rings is 1. The van der Waals surface area contributed by atoms with Crippen molar-refractivity contribution in [3.63, 3.8) is 0 Å². The Morgan fingerprint density at radius 2 is 1.84 bits per heavy atom. The maximum atomic E-state index is 10.5. The molecular formula is C15H17NO3. The van der Waals surface area contributed by atoms with E-state index in [0.717, 1.165) is 24.7 Å². The Kier molecular flexibility index (Phi) is 3.25. The number of rotatable bonds is 3. The molecule has 2 atom stereocenters. The number of hydrogen-bond donors (Lipinski definition) is 1. The standard InChI is InChI=1S/C15H17NO3/c17-15(18)8-3-11-1-4-12(5-2-11)16-9-13-6-7-14(10-16)19-13/h1-5,8,13-14H,6-7,9-10H2,(H,17,18). The van der Waals surface area contributed by atoms with Gasteiger partial charge in [-0.15, -0.1) is 0 Å². The van der Waals surface area contributed by atoms with E-state index in [9.17, 15) is 4.79 Å². The summed E-state index contributed by atoms with van der Waals surface area (Å²) in [7, 11) is 0. The number of morpholine rings is 1. The highest BCUT2D eigenvalue weighted by atomic mass is 16.5. The molecule has 0 aromatic heterocycles. The van der Waals surface area contributed by atoms with E-state index in [0.29, 0.717) is 12.2 Å². The Labute approximate surface area is 112 Å². The van der Waals surface area contributed by atoms with Gasteiger partial charge in [-0.2, -0.15) is 0 Å². The predicted molar refractivity (Wildman–Crippen MR) is 73.2 cm³/mol. The smallest absolute Gasteiger partial charge is 0.328 e. The maximum Gasteiger partial charge on any atom is 0.328 e. The molecule has 0 aliphatic carbocycles. The Hall–Kier alpha value is -1.81. The van der Waals surface area contributed by atoms with Crippen molar-refractivity contribution in [2.24, 2.45) is 0 Å². The van der Waals surface area contributed by atoms with Gasteiger partial charge >= 0.3 is 5.97 Å². The second-order valence-corrected chi connectivity index (χ2v) is 5.13. The summed E-state index contributed by atoms with van der Waals surface area (Å²) >= 11 is 0. The summed E-state index contributed by atoms with van der Waals surface area (Å²) in [5.74, 6) is -0.922. The molecule has 2 aliphatic heterocycles. The molecule has 0 radical (unpaired) electrons. The minimum atomic E-state index is -0.922. The predicted octanol–water partition coefficient (Wildman–Crippen LogP) is 2.15. The number of carboxylic acid groups (broad SMARTS) is 1. The molecule has 1 aromatic rings. The number of fused-ring (bicyclic) bond motifs is 2. The van der Waals surface area contributed by atoms with Crippen LogP contribution in [0.2, 0.25) is 0 Å². The van der Waals surface area contributed by atoms with Gasteiger partial charge in [-0.3, -0.25) is 0 Å². The molecule has 0 spiro atoms. The van der Waals surface area contributed by atoms with Gasteiger partial charge in [0.05, 0.1) is 12.2 Å². The van der Waals surface area contributed by atoms with E-state index in [1.807, 2.05) is 24.3 Å². The SMILES string of the molecule is O=C(O)C=Cc1ccc(N2CC3CCC(C2)O3)cc1. The van der Waals surface area contributed by atoms with Crippen LogP contribution in [0.1, 0.15) is 18.4 Å². The molecular weight excluding hydrogens is 242 g/mol. The summed E-state index contributed by atoms with van der Waals surface area (Å²) in [6.07, 6.45) is 5.86. The van der Waals surface area contributed by atoms with Crippen LogP contribution in [0.5, 0.6) is 0 Å². The fraction of sp³-hybridized carbons (Fsp3) is 0.400. The number of carboxylic acids is 1. The minimum absolute atomic E-state index is 0.380. The first-order valence-corrected chi connectivity index (χ1v) is 6.62. The molecule has 2 fully saturated rings. The van der Waals surface area contributed by atoms with E-state index >= 15 is 0 Å². The zero-order valence-electron chi connectivity index (χ0n) is 10.7. The third kappa shape index (κ3) is 2.79. The molecule has 19 heavy (non-hydrogen) atoms. The zero-order valence-corrected chi connectivity index (χ0v) is 10.7. The van der Waals surface area contributed by atoms with Crippen LogP contribution in [0.3, 0.4) is 0 Å². The Morgan fingerprint density at radius 3 is 2.42 bits per heavy atom. The fourth-order valence-electron chi connectivity index (χ4n) is 2.79. The van der Waals surface area contributed by atoms with Crippen LogP contribution in [-0.4, -0.2) is 36.4 Å². The largest absolute Gasteiger partial charge is 0.478 e. The number of hydrogen-bond acceptors (Lipinski definition) is 3. The van der Waals surface area contributed by atoms with E-state index in [-0.39, 0.29) is 0 Å². The van der Waals surface area contributed by atoms with Crippen LogP contribution in [-0.2, 0) is 9.53 Å². The molecule has 1 N–H and O–H groups in total. The van der Waals surface area contributed by atoms with E-state index in [1.165, 1.54) is 18.5 Å². The molecule has 1 aromatic carbocycles. The molecule has 4 nitrogen and oxygen atoms in total.